The molecular formula is C22H19N5O4S2. The molecular weight excluding hydrogens is 462 g/mol. The Morgan fingerprint density at radius 1 is 1.24 bits per heavy atom. The van der Waals surface area contributed by atoms with E-state index in [1.165, 1.54) is 35.2 Å². The summed E-state index contributed by atoms with van der Waals surface area (Å²) in [4.78, 5) is 45.1. The van der Waals surface area contributed by atoms with E-state index in [4.69, 9.17) is 0 Å². The minimum atomic E-state index is -0.541. The lowest BCUT2D eigenvalue weighted by Gasteiger charge is -2.14. The van der Waals surface area contributed by atoms with Crippen molar-refractivity contribution in [3.63, 3.8) is 0 Å². The van der Waals surface area contributed by atoms with Crippen LogP contribution >= 0.6 is 23.1 Å². The highest BCUT2D eigenvalue weighted by Gasteiger charge is 2.20. The van der Waals surface area contributed by atoms with Gasteiger partial charge in [-0.2, -0.15) is 0 Å². The summed E-state index contributed by atoms with van der Waals surface area (Å²) in [6, 6.07) is 13.3. The molecule has 0 spiro atoms. The quantitative estimate of drug-likeness (QED) is 0.178. The monoisotopic (exact) mass is 481 g/mol. The maximum atomic E-state index is 12.8. The van der Waals surface area contributed by atoms with E-state index in [-0.39, 0.29) is 17.2 Å². The van der Waals surface area contributed by atoms with E-state index >= 15 is 0 Å². The molecule has 1 N–H and O–H groups in total. The van der Waals surface area contributed by atoms with Crippen molar-refractivity contribution in [1.82, 2.24) is 14.5 Å². The molecule has 0 saturated carbocycles. The second kappa shape index (κ2) is 9.51. The first-order chi connectivity index (χ1) is 15.9. The van der Waals surface area contributed by atoms with Crippen molar-refractivity contribution in [2.45, 2.75) is 30.8 Å². The Bertz CT molecular complexity index is 1420. The number of fused-ring (bicyclic) bond motifs is 1. The maximum absolute atomic E-state index is 12.8. The molecule has 1 atom stereocenters. The number of para-hydroxylation sites is 1. The van der Waals surface area contributed by atoms with Gasteiger partial charge in [0.05, 0.1) is 26.8 Å². The highest BCUT2D eigenvalue weighted by molar-refractivity contribution is 8.00. The number of nitro benzene ring substituents is 1. The molecule has 168 valence electrons. The van der Waals surface area contributed by atoms with Crippen LogP contribution < -0.4 is 10.9 Å². The van der Waals surface area contributed by atoms with Crippen molar-refractivity contribution in [3.8, 4) is 11.3 Å². The maximum Gasteiger partial charge on any atom is 0.270 e. The molecule has 0 fully saturated rings. The standard InChI is InChI=1S/C22H19N5O4S2/c1-3-26-20(29)16-9-4-5-10-17(16)24-22(26)33-13(2)19(28)25-21-23-18(12-32-21)14-7-6-8-15(11-14)27(30)31/h4-13H,3H2,1-2H3,(H,23,25,28). The number of carbonyl (C=O) groups is 1. The molecule has 0 aliphatic heterocycles. The third-order valence-electron chi connectivity index (χ3n) is 4.88. The van der Waals surface area contributed by atoms with Crippen LogP contribution in [0.1, 0.15) is 13.8 Å². The summed E-state index contributed by atoms with van der Waals surface area (Å²) in [7, 11) is 0. The Morgan fingerprint density at radius 3 is 2.79 bits per heavy atom. The van der Waals surface area contributed by atoms with Crippen LogP contribution in [0.3, 0.4) is 0 Å². The predicted molar refractivity (Wildman–Crippen MR) is 130 cm³/mol. The molecule has 11 heteroatoms. The van der Waals surface area contributed by atoms with Crippen LogP contribution in [-0.2, 0) is 11.3 Å². The van der Waals surface area contributed by atoms with Crippen LogP contribution in [0, 0.1) is 10.1 Å². The van der Waals surface area contributed by atoms with Crippen molar-refractivity contribution >= 4 is 50.7 Å². The molecule has 4 rings (SSSR count). The van der Waals surface area contributed by atoms with Gasteiger partial charge in [0.25, 0.3) is 11.2 Å². The van der Waals surface area contributed by atoms with Gasteiger partial charge in [-0.3, -0.25) is 24.3 Å². The molecule has 1 amide bonds. The molecule has 0 aliphatic rings. The Kier molecular flexibility index (Phi) is 6.52. The average Bonchev–Trinajstić information content (AvgIpc) is 3.28. The molecule has 2 heterocycles. The van der Waals surface area contributed by atoms with Crippen molar-refractivity contribution in [2.75, 3.05) is 5.32 Å². The lowest BCUT2D eigenvalue weighted by Crippen LogP contribution is -2.26. The number of rotatable bonds is 7. The fourth-order valence-corrected chi connectivity index (χ4v) is 4.87. The summed E-state index contributed by atoms with van der Waals surface area (Å²) in [6.45, 7) is 4.03. The molecule has 0 radical (unpaired) electrons. The summed E-state index contributed by atoms with van der Waals surface area (Å²) >= 11 is 2.43. The van der Waals surface area contributed by atoms with Gasteiger partial charge >= 0.3 is 0 Å². The average molecular weight is 482 g/mol. The number of nitrogens with zero attached hydrogens (tertiary/aromatic N) is 4. The Balaban J connectivity index is 1.51. The molecule has 2 aromatic carbocycles. The van der Waals surface area contributed by atoms with Crippen LogP contribution in [0.4, 0.5) is 10.8 Å². The lowest BCUT2D eigenvalue weighted by molar-refractivity contribution is -0.384. The zero-order valence-corrected chi connectivity index (χ0v) is 19.4. The van der Waals surface area contributed by atoms with E-state index in [1.54, 1.807) is 47.2 Å². The Hall–Kier alpha value is -3.57. The Labute approximate surface area is 196 Å². The topological polar surface area (TPSA) is 120 Å². The SMILES string of the molecule is CCn1c(SC(C)C(=O)Nc2nc(-c3cccc([N+](=O)[O-])c3)cs2)nc2ccccc2c1=O. The van der Waals surface area contributed by atoms with Crippen LogP contribution in [0.5, 0.6) is 0 Å². The summed E-state index contributed by atoms with van der Waals surface area (Å²) in [5.41, 5.74) is 1.55. The van der Waals surface area contributed by atoms with Gasteiger partial charge in [0.2, 0.25) is 5.91 Å². The first-order valence-electron chi connectivity index (χ1n) is 10.0. The third kappa shape index (κ3) is 4.78. The van der Waals surface area contributed by atoms with Gasteiger partial charge in [-0.25, -0.2) is 9.97 Å². The van der Waals surface area contributed by atoms with Crippen LogP contribution in [0.15, 0.2) is 63.9 Å². The number of amides is 1. The number of thioether (sulfide) groups is 1. The number of anilines is 1. The zero-order chi connectivity index (χ0) is 23.5. The van der Waals surface area contributed by atoms with Gasteiger partial charge in [0.15, 0.2) is 10.3 Å². The normalized spacial score (nSPS) is 11.9. The highest BCUT2D eigenvalue weighted by atomic mass is 32.2. The fraction of sp³-hybridized carbons (Fsp3) is 0.182. The fourth-order valence-electron chi connectivity index (χ4n) is 3.18. The number of hydrogen-bond donors (Lipinski definition) is 1. The van der Waals surface area contributed by atoms with E-state index < -0.39 is 10.2 Å². The highest BCUT2D eigenvalue weighted by Crippen LogP contribution is 2.29. The smallest absolute Gasteiger partial charge is 0.270 e. The molecule has 2 aromatic heterocycles. The number of non-ortho nitro benzene ring substituents is 1. The number of benzene rings is 2. The van der Waals surface area contributed by atoms with E-state index in [9.17, 15) is 19.7 Å². The Morgan fingerprint density at radius 2 is 2.03 bits per heavy atom. The second-order valence-corrected chi connectivity index (χ2v) is 9.22. The first kappa shape index (κ1) is 22.6. The van der Waals surface area contributed by atoms with Crippen molar-refractivity contribution in [2.24, 2.45) is 0 Å². The number of thiazole rings is 1. The largest absolute Gasteiger partial charge is 0.301 e. The van der Waals surface area contributed by atoms with Gasteiger partial charge in [0, 0.05) is 29.6 Å². The number of nitrogens with one attached hydrogen (secondary N) is 1. The number of hydrogen-bond acceptors (Lipinski definition) is 8. The first-order valence-corrected chi connectivity index (χ1v) is 11.8. The summed E-state index contributed by atoms with van der Waals surface area (Å²) in [5, 5.41) is 16.4. The lowest BCUT2D eigenvalue weighted by atomic mass is 10.1. The van der Waals surface area contributed by atoms with Crippen LogP contribution in [0.25, 0.3) is 22.2 Å². The van der Waals surface area contributed by atoms with E-state index in [0.29, 0.717) is 39.0 Å². The van der Waals surface area contributed by atoms with Gasteiger partial charge in [-0.05, 0) is 26.0 Å². The van der Waals surface area contributed by atoms with E-state index in [0.717, 1.165) is 0 Å². The molecule has 0 saturated heterocycles. The molecule has 0 aliphatic carbocycles. The van der Waals surface area contributed by atoms with Crippen molar-refractivity contribution < 1.29 is 9.72 Å². The third-order valence-corrected chi connectivity index (χ3v) is 6.73. The minimum absolute atomic E-state index is 0.0269. The van der Waals surface area contributed by atoms with Gasteiger partial charge in [-0.15, -0.1) is 11.3 Å². The van der Waals surface area contributed by atoms with Crippen molar-refractivity contribution in [3.05, 3.63) is 74.4 Å². The predicted octanol–water partition coefficient (Wildman–Crippen LogP) is 4.57. The minimum Gasteiger partial charge on any atom is -0.301 e. The van der Waals surface area contributed by atoms with Crippen molar-refractivity contribution in [1.29, 1.82) is 0 Å². The molecule has 4 aromatic rings. The molecule has 33 heavy (non-hydrogen) atoms. The van der Waals surface area contributed by atoms with Gasteiger partial charge in [-0.1, -0.05) is 36.0 Å². The number of nitro groups is 1. The second-order valence-electron chi connectivity index (χ2n) is 7.06. The van der Waals surface area contributed by atoms with Gasteiger partial charge < -0.3 is 5.32 Å². The molecule has 9 nitrogen and oxygen atoms in total. The summed E-state index contributed by atoms with van der Waals surface area (Å²) in [5.74, 6) is -0.287. The van der Waals surface area contributed by atoms with Crippen LogP contribution in [-0.4, -0.2) is 30.6 Å². The van der Waals surface area contributed by atoms with Crippen LogP contribution in [0.2, 0.25) is 0 Å². The summed E-state index contributed by atoms with van der Waals surface area (Å²) < 4.78 is 1.56. The number of aromatic nitrogens is 3. The molecule has 1 unspecified atom stereocenters. The van der Waals surface area contributed by atoms with Gasteiger partial charge in [0.1, 0.15) is 0 Å². The van der Waals surface area contributed by atoms with E-state index in [1.807, 2.05) is 13.0 Å². The number of carbonyl (C=O) groups excluding carboxylic acids is 1. The summed E-state index contributed by atoms with van der Waals surface area (Å²) in [6.07, 6.45) is 0. The zero-order valence-electron chi connectivity index (χ0n) is 17.7. The van der Waals surface area contributed by atoms with E-state index in [2.05, 4.69) is 15.3 Å². The molecule has 0 bridgehead atoms.